The van der Waals surface area contributed by atoms with E-state index in [-0.39, 0.29) is 29.3 Å². The Hall–Kier alpha value is -3.76. The first-order chi connectivity index (χ1) is 14.8. The second-order valence-corrected chi connectivity index (χ2v) is 7.62. The lowest BCUT2D eigenvalue weighted by atomic mass is 9.97. The summed E-state index contributed by atoms with van der Waals surface area (Å²) in [7, 11) is 0. The van der Waals surface area contributed by atoms with E-state index in [2.05, 4.69) is 9.98 Å². The number of halogens is 2. The van der Waals surface area contributed by atoms with Gasteiger partial charge in [0, 0.05) is 24.6 Å². The average molecular weight is 435 g/mol. The molecule has 0 spiro atoms. The summed E-state index contributed by atoms with van der Waals surface area (Å²) in [6, 6.07) is 14.2. The van der Waals surface area contributed by atoms with Crippen molar-refractivity contribution in [2.75, 3.05) is 0 Å². The number of nitrogens with two attached hydrogens (primary N) is 1. The van der Waals surface area contributed by atoms with E-state index in [0.717, 1.165) is 0 Å². The minimum atomic E-state index is -1.42. The predicted octanol–water partition coefficient (Wildman–Crippen LogP) is 4.14. The number of rotatable bonds is 4. The Bertz CT molecular complexity index is 1270. The summed E-state index contributed by atoms with van der Waals surface area (Å²) in [5.41, 5.74) is 6.51. The highest BCUT2D eigenvalue weighted by molar-refractivity contribution is 6.31. The van der Waals surface area contributed by atoms with Gasteiger partial charge in [0.15, 0.2) is 5.78 Å². The number of Topliss-reactive ketones (excluding diaryl/α,β-unsaturated/α-hetero) is 1. The van der Waals surface area contributed by atoms with Crippen LogP contribution in [0.2, 0.25) is 5.02 Å². The van der Waals surface area contributed by atoms with Crippen LogP contribution >= 0.6 is 11.6 Å². The number of ether oxygens (including phenoxy) is 1. The Morgan fingerprint density at radius 2 is 2.06 bits per heavy atom. The molecule has 0 saturated carbocycles. The van der Waals surface area contributed by atoms with Gasteiger partial charge in [-0.05, 0) is 48.0 Å². The van der Waals surface area contributed by atoms with Crippen molar-refractivity contribution in [1.82, 2.24) is 4.98 Å². The number of nitriles is 1. The van der Waals surface area contributed by atoms with Gasteiger partial charge in [0.1, 0.15) is 29.2 Å². The van der Waals surface area contributed by atoms with Crippen LogP contribution in [0.3, 0.4) is 0 Å². The van der Waals surface area contributed by atoms with Crippen molar-refractivity contribution in [3.05, 3.63) is 93.5 Å². The molecule has 0 amide bonds. The minimum Gasteiger partial charge on any atom is -0.461 e. The average Bonchev–Trinajstić information content (AvgIpc) is 2.75. The third kappa shape index (κ3) is 3.98. The fourth-order valence-corrected chi connectivity index (χ4v) is 3.54. The van der Waals surface area contributed by atoms with Gasteiger partial charge in [-0.3, -0.25) is 9.78 Å². The molecule has 8 heteroatoms. The Morgan fingerprint density at radius 3 is 2.77 bits per heavy atom. The van der Waals surface area contributed by atoms with Crippen LogP contribution in [-0.4, -0.2) is 16.6 Å². The highest BCUT2D eigenvalue weighted by Crippen LogP contribution is 2.38. The molecule has 0 radical (unpaired) electrons. The van der Waals surface area contributed by atoms with E-state index in [0.29, 0.717) is 27.5 Å². The number of fused-ring (bicyclic) bond motifs is 1. The van der Waals surface area contributed by atoms with Gasteiger partial charge in [0.25, 0.3) is 0 Å². The largest absolute Gasteiger partial charge is 0.461 e. The maximum atomic E-state index is 14.8. The summed E-state index contributed by atoms with van der Waals surface area (Å²) in [6.45, 7) is 1.60. The fourth-order valence-electron chi connectivity index (χ4n) is 3.37. The van der Waals surface area contributed by atoms with E-state index < -0.39 is 11.5 Å². The maximum Gasteiger partial charge on any atom is 0.228 e. The van der Waals surface area contributed by atoms with E-state index in [4.69, 9.17) is 27.3 Å². The van der Waals surface area contributed by atoms with E-state index in [1.54, 1.807) is 25.1 Å². The maximum absolute atomic E-state index is 14.8. The number of amidine groups is 1. The van der Waals surface area contributed by atoms with Crippen LogP contribution in [0.25, 0.3) is 0 Å². The Balaban J connectivity index is 1.65. The lowest BCUT2D eigenvalue weighted by Crippen LogP contribution is -2.36. The first kappa shape index (κ1) is 20.5. The number of hydrogen-bond donors (Lipinski definition) is 1. The predicted molar refractivity (Wildman–Crippen MR) is 114 cm³/mol. The molecule has 2 heterocycles. The smallest absolute Gasteiger partial charge is 0.228 e. The van der Waals surface area contributed by atoms with Crippen LogP contribution < -0.4 is 10.5 Å². The highest BCUT2D eigenvalue weighted by atomic mass is 35.5. The van der Waals surface area contributed by atoms with E-state index in [1.807, 2.05) is 6.07 Å². The van der Waals surface area contributed by atoms with Gasteiger partial charge < -0.3 is 10.5 Å². The zero-order chi connectivity index (χ0) is 22.2. The first-order valence-electron chi connectivity index (χ1n) is 9.31. The molecule has 1 atom stereocenters. The van der Waals surface area contributed by atoms with E-state index >= 15 is 0 Å². The quantitative estimate of drug-likeness (QED) is 0.622. The molecule has 1 aromatic heterocycles. The summed E-state index contributed by atoms with van der Waals surface area (Å²) in [4.78, 5) is 21.0. The number of ketones is 1. The fraction of sp³-hybridized carbons (Fsp3) is 0.130. The number of benzene rings is 2. The van der Waals surface area contributed by atoms with Crippen molar-refractivity contribution in [3.63, 3.8) is 0 Å². The van der Waals surface area contributed by atoms with Gasteiger partial charge in [-0.2, -0.15) is 5.26 Å². The number of carbonyl (C=O) groups excluding carboxylic acids is 1. The molecule has 1 aliphatic heterocycles. The summed E-state index contributed by atoms with van der Waals surface area (Å²) in [5, 5.41) is 9.33. The molecule has 0 fully saturated rings. The number of carbonyl (C=O) groups is 1. The molecule has 3 aromatic rings. The molecule has 31 heavy (non-hydrogen) atoms. The lowest BCUT2D eigenvalue weighted by molar-refractivity contribution is 0.0881. The van der Waals surface area contributed by atoms with Crippen molar-refractivity contribution in [3.8, 4) is 11.8 Å². The standard InChI is InChI=1S/C23H16ClFN4O2/c1-23(29-22(27)16-10-15(24)4-7-21(16)31-23)17-8-13(2-5-18(17)25)9-20(30)19-6-3-14(11-26)12-28-19/h2-8,10,12H,9H2,1H3,(H2,27,29). The second kappa shape index (κ2) is 7.82. The third-order valence-electron chi connectivity index (χ3n) is 4.93. The van der Waals surface area contributed by atoms with Crippen molar-refractivity contribution in [2.24, 2.45) is 10.7 Å². The van der Waals surface area contributed by atoms with Gasteiger partial charge in [0.05, 0.1) is 16.7 Å². The van der Waals surface area contributed by atoms with Crippen LogP contribution in [-0.2, 0) is 12.1 Å². The molecule has 1 aliphatic rings. The zero-order valence-corrected chi connectivity index (χ0v) is 17.2. The van der Waals surface area contributed by atoms with Gasteiger partial charge in [-0.1, -0.05) is 17.7 Å². The topological polar surface area (TPSA) is 101 Å². The van der Waals surface area contributed by atoms with Crippen molar-refractivity contribution in [1.29, 1.82) is 5.26 Å². The summed E-state index contributed by atoms with van der Waals surface area (Å²) < 4.78 is 20.8. The monoisotopic (exact) mass is 434 g/mol. The summed E-state index contributed by atoms with van der Waals surface area (Å²) >= 11 is 6.01. The third-order valence-corrected chi connectivity index (χ3v) is 5.17. The molecule has 2 N–H and O–H groups in total. The van der Waals surface area contributed by atoms with Gasteiger partial charge in [0.2, 0.25) is 5.72 Å². The first-order valence-corrected chi connectivity index (χ1v) is 9.69. The lowest BCUT2D eigenvalue weighted by Gasteiger charge is -2.33. The molecule has 154 valence electrons. The summed E-state index contributed by atoms with van der Waals surface area (Å²) in [6.07, 6.45) is 1.33. The number of pyridine rings is 1. The molecule has 1 unspecified atom stereocenters. The van der Waals surface area contributed by atoms with Crippen molar-refractivity contribution >= 4 is 23.2 Å². The van der Waals surface area contributed by atoms with Gasteiger partial charge >= 0.3 is 0 Å². The van der Waals surface area contributed by atoms with Gasteiger partial charge in [-0.15, -0.1) is 0 Å². The van der Waals surface area contributed by atoms with Crippen LogP contribution in [0.15, 0.2) is 59.7 Å². The van der Waals surface area contributed by atoms with Crippen LogP contribution in [0, 0.1) is 17.1 Å². The molecule has 0 bridgehead atoms. The molecule has 0 aliphatic carbocycles. The van der Waals surface area contributed by atoms with Gasteiger partial charge in [-0.25, -0.2) is 9.38 Å². The van der Waals surface area contributed by atoms with Crippen LogP contribution in [0.4, 0.5) is 4.39 Å². The number of nitrogens with zero attached hydrogens (tertiary/aromatic N) is 3. The van der Waals surface area contributed by atoms with Crippen LogP contribution in [0.5, 0.6) is 5.75 Å². The number of aliphatic imine (C=N–C) groups is 1. The molecular formula is C23H16ClFN4O2. The SMILES string of the molecule is CC1(c2cc(CC(=O)c3ccc(C#N)cn3)ccc2F)N=C(N)c2cc(Cl)ccc2O1. The van der Waals surface area contributed by atoms with E-state index in [9.17, 15) is 9.18 Å². The highest BCUT2D eigenvalue weighted by Gasteiger charge is 2.36. The summed E-state index contributed by atoms with van der Waals surface area (Å²) in [5.74, 6) is -0.195. The minimum absolute atomic E-state index is 0.00630. The van der Waals surface area contributed by atoms with Crippen molar-refractivity contribution < 1.29 is 13.9 Å². The molecular weight excluding hydrogens is 419 g/mol. The van der Waals surface area contributed by atoms with E-state index in [1.165, 1.54) is 36.5 Å². The van der Waals surface area contributed by atoms with Crippen molar-refractivity contribution in [2.45, 2.75) is 19.1 Å². The Labute approximate surface area is 182 Å². The molecule has 6 nitrogen and oxygen atoms in total. The zero-order valence-electron chi connectivity index (χ0n) is 16.4. The Morgan fingerprint density at radius 1 is 1.26 bits per heavy atom. The molecule has 0 saturated heterocycles. The number of aromatic nitrogens is 1. The Kier molecular flexibility index (Phi) is 5.17. The van der Waals surface area contributed by atoms with Crippen LogP contribution in [0.1, 0.15) is 39.7 Å². The second-order valence-electron chi connectivity index (χ2n) is 7.18. The molecule has 4 rings (SSSR count). The normalized spacial score (nSPS) is 17.2. The molecule has 2 aromatic carbocycles. The number of hydrogen-bond acceptors (Lipinski definition) is 6.